The van der Waals surface area contributed by atoms with Crippen molar-refractivity contribution in [3.05, 3.63) is 60.0 Å². The lowest BCUT2D eigenvalue weighted by Gasteiger charge is -2.33. The minimum Gasteiger partial charge on any atom is -0.441 e. The largest absolute Gasteiger partial charge is 0.441 e. The van der Waals surface area contributed by atoms with E-state index in [4.69, 9.17) is 9.40 Å². The van der Waals surface area contributed by atoms with Crippen LogP contribution in [0.4, 0.5) is 0 Å². The monoisotopic (exact) mass is 474 g/mol. The molecule has 0 N–H and O–H groups in total. The lowest BCUT2D eigenvalue weighted by atomic mass is 10.0. The van der Waals surface area contributed by atoms with Crippen LogP contribution in [-0.2, 0) is 16.3 Å². The van der Waals surface area contributed by atoms with Crippen molar-refractivity contribution < 1.29 is 12.8 Å². The molecule has 0 unspecified atom stereocenters. The summed E-state index contributed by atoms with van der Waals surface area (Å²) in [5.74, 6) is 1.54. The van der Waals surface area contributed by atoms with Gasteiger partial charge in [0.05, 0.1) is 10.6 Å². The van der Waals surface area contributed by atoms with Crippen LogP contribution in [0.5, 0.6) is 0 Å². The van der Waals surface area contributed by atoms with Crippen LogP contribution in [0.3, 0.4) is 0 Å². The number of rotatable bonds is 6. The molecule has 0 bridgehead atoms. The summed E-state index contributed by atoms with van der Waals surface area (Å²) in [5.41, 5.74) is 3.97. The molecule has 2 aromatic carbocycles. The van der Waals surface area contributed by atoms with E-state index in [9.17, 15) is 8.42 Å². The predicted molar refractivity (Wildman–Crippen MR) is 131 cm³/mol. The van der Waals surface area contributed by atoms with Gasteiger partial charge in [0, 0.05) is 30.8 Å². The third kappa shape index (κ3) is 5.61. The lowest BCUT2D eigenvalue weighted by molar-refractivity contribution is 0.162. The van der Waals surface area contributed by atoms with E-state index in [1.165, 1.54) is 32.1 Å². The maximum atomic E-state index is 11.6. The van der Waals surface area contributed by atoms with Crippen LogP contribution in [0.15, 0.2) is 57.8 Å². The van der Waals surface area contributed by atoms with Gasteiger partial charge in [-0.3, -0.25) is 0 Å². The number of benzene rings is 2. The highest BCUT2D eigenvalue weighted by molar-refractivity contribution is 7.90. The molecular weight excluding hydrogens is 444 g/mol. The van der Waals surface area contributed by atoms with Gasteiger partial charge in [0.2, 0.25) is 5.89 Å². The summed E-state index contributed by atoms with van der Waals surface area (Å²) in [6.07, 6.45) is 6.03. The molecular formula is C25H31ClN2O3S. The van der Waals surface area contributed by atoms with Crippen LogP contribution in [-0.4, -0.2) is 43.7 Å². The smallest absolute Gasteiger partial charge is 0.226 e. The molecule has 2 heterocycles. The van der Waals surface area contributed by atoms with E-state index in [1.54, 1.807) is 12.1 Å². The molecule has 1 aliphatic heterocycles. The summed E-state index contributed by atoms with van der Waals surface area (Å²) in [5, 5.41) is 0. The summed E-state index contributed by atoms with van der Waals surface area (Å²) in [7, 11) is -3.19. The summed E-state index contributed by atoms with van der Waals surface area (Å²) >= 11 is 0. The van der Waals surface area contributed by atoms with Crippen molar-refractivity contribution in [2.45, 2.75) is 50.5 Å². The molecule has 0 amide bonds. The number of piperidine rings is 1. The van der Waals surface area contributed by atoms with Crippen molar-refractivity contribution >= 4 is 22.2 Å². The molecule has 1 aliphatic rings. The molecule has 0 aliphatic carbocycles. The zero-order valence-corrected chi connectivity index (χ0v) is 20.5. The summed E-state index contributed by atoms with van der Waals surface area (Å²) in [6.45, 7) is 6.51. The number of halogens is 1. The Morgan fingerprint density at radius 1 is 1.00 bits per heavy atom. The van der Waals surface area contributed by atoms with Gasteiger partial charge < -0.3 is 9.32 Å². The molecule has 32 heavy (non-hydrogen) atoms. The first kappa shape index (κ1) is 24.5. The van der Waals surface area contributed by atoms with Gasteiger partial charge in [0.25, 0.3) is 0 Å². The normalized spacial score (nSPS) is 17.2. The average Bonchev–Trinajstić information content (AvgIpc) is 3.13. The van der Waals surface area contributed by atoms with Gasteiger partial charge >= 0.3 is 0 Å². The van der Waals surface area contributed by atoms with Crippen molar-refractivity contribution in [2.24, 2.45) is 0 Å². The number of aryl methyl sites for hydroxylation is 1. The van der Waals surface area contributed by atoms with Crippen LogP contribution in [0.2, 0.25) is 0 Å². The molecule has 7 heteroatoms. The maximum Gasteiger partial charge on any atom is 0.226 e. The molecule has 4 rings (SSSR count). The first-order valence-corrected chi connectivity index (χ1v) is 12.8. The number of likely N-dealkylation sites (tertiary alicyclic amines) is 1. The third-order valence-corrected chi connectivity index (χ3v) is 7.35. The van der Waals surface area contributed by atoms with Gasteiger partial charge in [-0.05, 0) is 68.6 Å². The van der Waals surface area contributed by atoms with Crippen molar-refractivity contribution in [2.75, 3.05) is 19.3 Å². The Hall–Kier alpha value is -2.15. The molecule has 0 radical (unpaired) electrons. The van der Waals surface area contributed by atoms with Gasteiger partial charge in [0.15, 0.2) is 9.84 Å². The highest BCUT2D eigenvalue weighted by atomic mass is 35.5. The molecule has 1 atom stereocenters. The Balaban J connectivity index is 0.00000289. The number of nitrogens with zero attached hydrogens (tertiary/aromatic N) is 2. The molecule has 172 valence electrons. The van der Waals surface area contributed by atoms with Crippen LogP contribution in [0.1, 0.15) is 37.6 Å². The number of hydrogen-bond donors (Lipinski definition) is 0. The third-order valence-electron chi connectivity index (χ3n) is 6.22. The zero-order valence-electron chi connectivity index (χ0n) is 18.9. The van der Waals surface area contributed by atoms with E-state index < -0.39 is 9.84 Å². The lowest BCUT2D eigenvalue weighted by Crippen LogP contribution is -2.38. The van der Waals surface area contributed by atoms with Gasteiger partial charge in [0.1, 0.15) is 5.76 Å². The topological polar surface area (TPSA) is 63.4 Å². The van der Waals surface area contributed by atoms with Crippen molar-refractivity contribution in [3.8, 4) is 22.6 Å². The first-order chi connectivity index (χ1) is 14.8. The first-order valence-electron chi connectivity index (χ1n) is 10.9. The Bertz CT molecular complexity index is 1140. The van der Waals surface area contributed by atoms with E-state index in [2.05, 4.69) is 11.8 Å². The van der Waals surface area contributed by atoms with Crippen molar-refractivity contribution in [1.82, 2.24) is 9.88 Å². The number of oxazole rings is 1. The number of aromatic nitrogens is 1. The van der Waals surface area contributed by atoms with E-state index in [0.717, 1.165) is 41.1 Å². The molecule has 0 saturated carbocycles. The maximum absolute atomic E-state index is 11.6. The van der Waals surface area contributed by atoms with E-state index in [1.807, 2.05) is 43.3 Å². The van der Waals surface area contributed by atoms with Crippen molar-refractivity contribution in [1.29, 1.82) is 0 Å². The van der Waals surface area contributed by atoms with E-state index in [-0.39, 0.29) is 12.4 Å². The quantitative estimate of drug-likeness (QED) is 0.468. The summed E-state index contributed by atoms with van der Waals surface area (Å²) < 4.78 is 29.3. The standard InChI is InChI=1S/C25H30N2O3S.ClH/c1-18-6-4-5-16-27(18)17-15-24-19(2)30-25(26-24)22-9-7-20(8-10-22)21-11-13-23(14-12-21)31(3,28)29;/h7-14,18H,4-6,15-17H2,1-3H3;1H/t18-;/m1./s1. The fraction of sp³-hybridized carbons (Fsp3) is 0.400. The zero-order chi connectivity index (χ0) is 22.0. The Morgan fingerprint density at radius 2 is 1.59 bits per heavy atom. The van der Waals surface area contributed by atoms with Gasteiger partial charge in [-0.2, -0.15) is 0 Å². The Morgan fingerprint density at radius 3 is 2.19 bits per heavy atom. The molecule has 1 fully saturated rings. The van der Waals surface area contributed by atoms with Crippen molar-refractivity contribution in [3.63, 3.8) is 0 Å². The highest BCUT2D eigenvalue weighted by Crippen LogP contribution is 2.27. The number of hydrogen-bond acceptors (Lipinski definition) is 5. The SMILES string of the molecule is Cc1oc(-c2ccc(-c3ccc(S(C)(=O)=O)cc3)cc2)nc1CCN1CCCC[C@H]1C.Cl. The second kappa shape index (κ2) is 10.2. The van der Waals surface area contributed by atoms with Crippen LogP contribution in [0.25, 0.3) is 22.6 Å². The molecule has 1 aromatic heterocycles. The van der Waals surface area contributed by atoms with E-state index in [0.29, 0.717) is 16.8 Å². The molecule has 1 saturated heterocycles. The molecule has 5 nitrogen and oxygen atoms in total. The van der Waals surface area contributed by atoms with Crippen LogP contribution < -0.4 is 0 Å². The summed E-state index contributed by atoms with van der Waals surface area (Å²) in [6, 6.07) is 15.6. The highest BCUT2D eigenvalue weighted by Gasteiger charge is 2.19. The fourth-order valence-electron chi connectivity index (χ4n) is 4.22. The minimum absolute atomic E-state index is 0. The fourth-order valence-corrected chi connectivity index (χ4v) is 4.85. The van der Waals surface area contributed by atoms with Gasteiger partial charge in [-0.1, -0.05) is 30.7 Å². The predicted octanol–water partition coefficient (Wildman–Crippen LogP) is 5.56. The summed E-state index contributed by atoms with van der Waals surface area (Å²) in [4.78, 5) is 7.66. The molecule has 0 spiro atoms. The Labute approximate surface area is 197 Å². The van der Waals surface area contributed by atoms with E-state index >= 15 is 0 Å². The minimum atomic E-state index is -3.19. The number of sulfone groups is 1. The van der Waals surface area contributed by atoms with Gasteiger partial charge in [-0.15, -0.1) is 12.4 Å². The molecule has 3 aromatic rings. The van der Waals surface area contributed by atoms with Gasteiger partial charge in [-0.25, -0.2) is 13.4 Å². The second-order valence-corrected chi connectivity index (χ2v) is 10.5. The second-order valence-electron chi connectivity index (χ2n) is 8.53. The van der Waals surface area contributed by atoms with Crippen LogP contribution >= 0.6 is 12.4 Å². The van der Waals surface area contributed by atoms with Crippen LogP contribution in [0, 0.1) is 6.92 Å². The average molecular weight is 475 g/mol. The Kier molecular flexibility index (Phi) is 7.80.